The molecule has 0 fully saturated rings. The van der Waals surface area contributed by atoms with E-state index in [-0.39, 0.29) is 11.2 Å². The Morgan fingerprint density at radius 1 is 1.27 bits per heavy atom. The van der Waals surface area contributed by atoms with Gasteiger partial charge < -0.3 is 0 Å². The van der Waals surface area contributed by atoms with Crippen LogP contribution in [-0.2, 0) is 20.5 Å². The van der Waals surface area contributed by atoms with Crippen molar-refractivity contribution in [3.05, 3.63) is 31.8 Å². The monoisotopic (exact) mass is 224 g/mol. The van der Waals surface area contributed by atoms with E-state index in [1.54, 1.807) is 7.05 Å². The van der Waals surface area contributed by atoms with Gasteiger partial charge in [-0.25, -0.2) is 4.79 Å². The molecule has 80 valence electrons. The van der Waals surface area contributed by atoms with E-state index >= 15 is 0 Å². The molecule has 0 spiro atoms. The van der Waals surface area contributed by atoms with E-state index in [1.165, 1.54) is 23.0 Å². The molecule has 2 heterocycles. The predicted molar refractivity (Wildman–Crippen MR) is 61.7 cm³/mol. The molecule has 2 rings (SSSR count). The van der Waals surface area contributed by atoms with Crippen molar-refractivity contribution in [2.24, 2.45) is 14.1 Å². The van der Waals surface area contributed by atoms with E-state index in [1.807, 2.05) is 13.0 Å². The standard InChI is InChI=1S/C10H12N2O2S/c1-4-6-5-7-8(13)11(2)10(14)12(3)9(7)15-6/h5H,4H2,1-3H3. The third-order valence-corrected chi connectivity index (χ3v) is 3.88. The first-order valence-corrected chi connectivity index (χ1v) is 5.56. The van der Waals surface area contributed by atoms with E-state index in [9.17, 15) is 9.59 Å². The molecular weight excluding hydrogens is 212 g/mol. The number of nitrogens with zero attached hydrogens (tertiary/aromatic N) is 2. The van der Waals surface area contributed by atoms with Crippen LogP contribution in [0.1, 0.15) is 11.8 Å². The summed E-state index contributed by atoms with van der Waals surface area (Å²) in [5, 5.41) is 0.640. The van der Waals surface area contributed by atoms with Gasteiger partial charge in [0.1, 0.15) is 4.83 Å². The summed E-state index contributed by atoms with van der Waals surface area (Å²) in [5.74, 6) is 0. The molecule has 0 saturated carbocycles. The Labute approximate surface area is 90.4 Å². The van der Waals surface area contributed by atoms with Gasteiger partial charge in [-0.15, -0.1) is 11.3 Å². The van der Waals surface area contributed by atoms with Crippen LogP contribution in [0.2, 0.25) is 0 Å². The van der Waals surface area contributed by atoms with Gasteiger partial charge in [0, 0.05) is 19.0 Å². The van der Waals surface area contributed by atoms with Crippen molar-refractivity contribution < 1.29 is 0 Å². The van der Waals surface area contributed by atoms with Crippen LogP contribution in [0.3, 0.4) is 0 Å². The molecule has 0 aliphatic rings. The van der Waals surface area contributed by atoms with Gasteiger partial charge >= 0.3 is 5.69 Å². The van der Waals surface area contributed by atoms with Gasteiger partial charge in [-0.3, -0.25) is 13.9 Å². The highest BCUT2D eigenvalue weighted by Crippen LogP contribution is 2.21. The molecule has 15 heavy (non-hydrogen) atoms. The van der Waals surface area contributed by atoms with Gasteiger partial charge in [0.2, 0.25) is 0 Å². The first-order valence-electron chi connectivity index (χ1n) is 4.74. The fraction of sp³-hybridized carbons (Fsp3) is 0.400. The summed E-state index contributed by atoms with van der Waals surface area (Å²) in [5.41, 5.74) is -0.471. The smallest absolute Gasteiger partial charge is 0.287 e. The summed E-state index contributed by atoms with van der Waals surface area (Å²) in [6.07, 6.45) is 0.886. The van der Waals surface area contributed by atoms with Crippen LogP contribution in [0.5, 0.6) is 0 Å². The first kappa shape index (κ1) is 10.2. The number of hydrogen-bond donors (Lipinski definition) is 0. The van der Waals surface area contributed by atoms with E-state index in [4.69, 9.17) is 0 Å². The van der Waals surface area contributed by atoms with Crippen LogP contribution in [0.15, 0.2) is 15.7 Å². The van der Waals surface area contributed by atoms with E-state index in [2.05, 4.69) is 0 Å². The molecule has 0 aromatic carbocycles. The lowest BCUT2D eigenvalue weighted by Crippen LogP contribution is -2.36. The van der Waals surface area contributed by atoms with E-state index < -0.39 is 0 Å². The molecule has 0 aliphatic heterocycles. The molecule has 2 aromatic heterocycles. The molecule has 0 saturated heterocycles. The second-order valence-corrected chi connectivity index (χ2v) is 4.61. The zero-order valence-electron chi connectivity index (χ0n) is 8.90. The molecule has 0 unspecified atom stereocenters. The lowest BCUT2D eigenvalue weighted by atomic mass is 10.3. The summed E-state index contributed by atoms with van der Waals surface area (Å²) >= 11 is 1.51. The van der Waals surface area contributed by atoms with Crippen molar-refractivity contribution >= 4 is 21.6 Å². The number of aromatic nitrogens is 2. The third-order valence-electron chi connectivity index (χ3n) is 2.53. The second kappa shape index (κ2) is 3.34. The van der Waals surface area contributed by atoms with Crippen LogP contribution < -0.4 is 11.2 Å². The third kappa shape index (κ3) is 1.34. The minimum atomic E-state index is -0.267. The molecule has 0 atom stereocenters. The van der Waals surface area contributed by atoms with Crippen LogP contribution in [0.25, 0.3) is 10.2 Å². The van der Waals surface area contributed by atoms with Crippen LogP contribution in [0.4, 0.5) is 0 Å². The molecule has 2 aromatic rings. The number of fused-ring (bicyclic) bond motifs is 1. The van der Waals surface area contributed by atoms with Crippen LogP contribution >= 0.6 is 11.3 Å². The van der Waals surface area contributed by atoms with E-state index in [0.29, 0.717) is 5.39 Å². The molecule has 5 heteroatoms. The molecule has 4 nitrogen and oxygen atoms in total. The Morgan fingerprint density at radius 3 is 2.53 bits per heavy atom. The fourth-order valence-electron chi connectivity index (χ4n) is 1.59. The Hall–Kier alpha value is -1.36. The molecule has 0 bridgehead atoms. The van der Waals surface area contributed by atoms with Crippen molar-refractivity contribution in [3.8, 4) is 0 Å². The highest BCUT2D eigenvalue weighted by atomic mass is 32.1. The summed E-state index contributed by atoms with van der Waals surface area (Å²) in [4.78, 5) is 25.3. The van der Waals surface area contributed by atoms with Crippen molar-refractivity contribution in [1.29, 1.82) is 0 Å². The highest BCUT2D eigenvalue weighted by Gasteiger charge is 2.11. The topological polar surface area (TPSA) is 44.0 Å². The number of hydrogen-bond acceptors (Lipinski definition) is 3. The minimum Gasteiger partial charge on any atom is -0.287 e. The van der Waals surface area contributed by atoms with Gasteiger partial charge in [0.15, 0.2) is 0 Å². The van der Waals surface area contributed by atoms with Crippen molar-refractivity contribution in [2.75, 3.05) is 0 Å². The highest BCUT2D eigenvalue weighted by molar-refractivity contribution is 7.18. The van der Waals surface area contributed by atoms with Crippen LogP contribution in [0, 0.1) is 0 Å². The zero-order valence-corrected chi connectivity index (χ0v) is 9.72. The zero-order chi connectivity index (χ0) is 11.2. The summed E-state index contributed by atoms with van der Waals surface area (Å²) < 4.78 is 2.68. The van der Waals surface area contributed by atoms with Crippen molar-refractivity contribution in [1.82, 2.24) is 9.13 Å². The fourth-order valence-corrected chi connectivity index (χ4v) is 2.63. The Morgan fingerprint density at radius 2 is 1.93 bits per heavy atom. The SMILES string of the molecule is CCc1cc2c(=O)n(C)c(=O)n(C)c2s1. The second-order valence-electron chi connectivity index (χ2n) is 3.49. The largest absolute Gasteiger partial charge is 0.331 e. The molecule has 0 N–H and O–H groups in total. The maximum Gasteiger partial charge on any atom is 0.331 e. The van der Waals surface area contributed by atoms with Gasteiger partial charge in [-0.05, 0) is 12.5 Å². The minimum absolute atomic E-state index is 0.205. The maximum absolute atomic E-state index is 11.8. The Balaban J connectivity index is 3.04. The lowest BCUT2D eigenvalue weighted by Gasteiger charge is -2.01. The van der Waals surface area contributed by atoms with Gasteiger partial charge in [0.05, 0.1) is 5.39 Å². The predicted octanol–water partition coefficient (Wildman–Crippen LogP) is 0.861. The summed E-state index contributed by atoms with van der Waals surface area (Å²) in [6, 6.07) is 1.88. The molecule has 0 radical (unpaired) electrons. The lowest BCUT2D eigenvalue weighted by molar-refractivity contribution is 0.717. The summed E-state index contributed by atoms with van der Waals surface area (Å²) in [7, 11) is 3.20. The average molecular weight is 224 g/mol. The summed E-state index contributed by atoms with van der Waals surface area (Å²) in [6.45, 7) is 2.04. The van der Waals surface area contributed by atoms with Gasteiger partial charge in [0.25, 0.3) is 5.56 Å². The Kier molecular flexibility index (Phi) is 2.26. The number of aryl methyl sites for hydroxylation is 2. The van der Waals surface area contributed by atoms with E-state index in [0.717, 1.165) is 20.7 Å². The normalized spacial score (nSPS) is 11.1. The number of rotatable bonds is 1. The quantitative estimate of drug-likeness (QED) is 0.721. The van der Waals surface area contributed by atoms with Crippen molar-refractivity contribution in [2.45, 2.75) is 13.3 Å². The number of thiophene rings is 1. The van der Waals surface area contributed by atoms with Gasteiger partial charge in [-0.1, -0.05) is 6.92 Å². The van der Waals surface area contributed by atoms with Crippen LogP contribution in [-0.4, -0.2) is 9.13 Å². The van der Waals surface area contributed by atoms with Crippen molar-refractivity contribution in [3.63, 3.8) is 0 Å². The molecule has 0 amide bonds. The Bertz CT molecular complexity index is 633. The molecule has 0 aliphatic carbocycles. The first-order chi connectivity index (χ1) is 7.06. The average Bonchev–Trinajstić information content (AvgIpc) is 2.67. The maximum atomic E-state index is 11.8. The van der Waals surface area contributed by atoms with Gasteiger partial charge in [-0.2, -0.15) is 0 Å². The molecular formula is C10H12N2O2S.